The normalized spacial score (nSPS) is 10.7. The Labute approximate surface area is 177 Å². The van der Waals surface area contributed by atoms with Crippen LogP contribution in [0.3, 0.4) is 0 Å². The highest BCUT2D eigenvalue weighted by molar-refractivity contribution is 7.99. The second kappa shape index (κ2) is 9.32. The molecule has 0 radical (unpaired) electrons. The van der Waals surface area contributed by atoms with E-state index in [9.17, 15) is 4.79 Å². The number of halogens is 2. The molecule has 0 aliphatic rings. The number of hydrogen-bond donors (Lipinski definition) is 1. The number of methoxy groups -OCH3 is 1. The minimum atomic E-state index is -0.203. The molecular formula is C19H18Cl2N4O2S. The quantitative estimate of drug-likeness (QED) is 0.527. The molecule has 0 unspecified atom stereocenters. The van der Waals surface area contributed by atoms with Crippen molar-refractivity contribution in [1.29, 1.82) is 0 Å². The first-order valence-electron chi connectivity index (χ1n) is 8.47. The lowest BCUT2D eigenvalue weighted by Crippen LogP contribution is -2.15. The Kier molecular flexibility index (Phi) is 6.83. The second-order valence-corrected chi connectivity index (χ2v) is 7.44. The predicted octanol–water partition coefficient (Wildman–Crippen LogP) is 5.01. The van der Waals surface area contributed by atoms with Crippen LogP contribution in [0.15, 0.2) is 47.6 Å². The standard InChI is InChI=1S/C19H18Cl2N4O2S/c1-3-25-18(12-7-9-13(27-2)10-8-12)23-24-19(25)28-11-16(26)22-15-6-4-5-14(20)17(15)21/h4-10H,3,11H2,1-2H3,(H,22,26). The molecule has 1 heterocycles. The van der Waals surface area contributed by atoms with E-state index in [4.69, 9.17) is 27.9 Å². The summed E-state index contributed by atoms with van der Waals surface area (Å²) in [6.45, 7) is 2.69. The SMILES string of the molecule is CCn1c(SCC(=O)Nc2cccc(Cl)c2Cl)nnc1-c1ccc(OC)cc1. The molecule has 0 aliphatic carbocycles. The molecule has 0 saturated carbocycles. The maximum Gasteiger partial charge on any atom is 0.234 e. The molecule has 0 fully saturated rings. The monoisotopic (exact) mass is 436 g/mol. The van der Waals surface area contributed by atoms with Crippen molar-refractivity contribution in [2.24, 2.45) is 0 Å². The first-order valence-corrected chi connectivity index (χ1v) is 10.2. The van der Waals surface area contributed by atoms with Gasteiger partial charge < -0.3 is 14.6 Å². The number of carbonyl (C=O) groups is 1. The van der Waals surface area contributed by atoms with Gasteiger partial charge in [-0.2, -0.15) is 0 Å². The molecule has 1 amide bonds. The van der Waals surface area contributed by atoms with Crippen LogP contribution in [0, 0.1) is 0 Å². The number of carbonyl (C=O) groups excluding carboxylic acids is 1. The number of benzene rings is 2. The number of aromatic nitrogens is 3. The summed E-state index contributed by atoms with van der Waals surface area (Å²) >= 11 is 13.4. The number of hydrogen-bond acceptors (Lipinski definition) is 5. The van der Waals surface area contributed by atoms with Crippen molar-refractivity contribution in [3.8, 4) is 17.1 Å². The summed E-state index contributed by atoms with van der Waals surface area (Å²) in [4.78, 5) is 12.3. The predicted molar refractivity (Wildman–Crippen MR) is 113 cm³/mol. The van der Waals surface area contributed by atoms with Gasteiger partial charge in [-0.15, -0.1) is 10.2 Å². The minimum absolute atomic E-state index is 0.170. The van der Waals surface area contributed by atoms with Crippen LogP contribution >= 0.6 is 35.0 Å². The van der Waals surface area contributed by atoms with Crippen LogP contribution in [0.4, 0.5) is 5.69 Å². The second-order valence-electron chi connectivity index (χ2n) is 5.72. The molecule has 3 aromatic rings. The lowest BCUT2D eigenvalue weighted by Gasteiger charge is -2.09. The Bertz CT molecular complexity index is 977. The van der Waals surface area contributed by atoms with Gasteiger partial charge in [-0.3, -0.25) is 4.79 Å². The fourth-order valence-corrected chi connectivity index (χ4v) is 3.70. The summed E-state index contributed by atoms with van der Waals surface area (Å²) in [5, 5.41) is 12.7. The van der Waals surface area contributed by atoms with E-state index >= 15 is 0 Å². The van der Waals surface area contributed by atoms with E-state index in [1.54, 1.807) is 25.3 Å². The average Bonchev–Trinajstić information content (AvgIpc) is 3.13. The molecule has 0 atom stereocenters. The highest BCUT2D eigenvalue weighted by atomic mass is 35.5. The molecular weight excluding hydrogens is 419 g/mol. The van der Waals surface area contributed by atoms with Crippen molar-refractivity contribution in [3.63, 3.8) is 0 Å². The molecule has 0 bridgehead atoms. The Morgan fingerprint density at radius 3 is 2.61 bits per heavy atom. The van der Waals surface area contributed by atoms with Gasteiger partial charge in [0.2, 0.25) is 5.91 Å². The number of thioether (sulfide) groups is 1. The third kappa shape index (κ3) is 4.60. The maximum absolute atomic E-state index is 12.3. The molecule has 3 rings (SSSR count). The van der Waals surface area contributed by atoms with Gasteiger partial charge in [0.15, 0.2) is 11.0 Å². The molecule has 146 valence electrons. The van der Waals surface area contributed by atoms with Crippen molar-refractivity contribution in [3.05, 3.63) is 52.5 Å². The third-order valence-corrected chi connectivity index (χ3v) is 5.72. The van der Waals surface area contributed by atoms with Crippen LogP contribution in [-0.2, 0) is 11.3 Å². The highest BCUT2D eigenvalue weighted by Gasteiger charge is 2.15. The number of anilines is 1. The summed E-state index contributed by atoms with van der Waals surface area (Å²) in [6, 6.07) is 12.7. The largest absolute Gasteiger partial charge is 0.497 e. The van der Waals surface area contributed by atoms with Crippen molar-refractivity contribution in [2.75, 3.05) is 18.2 Å². The molecule has 2 aromatic carbocycles. The van der Waals surface area contributed by atoms with Crippen LogP contribution in [0.1, 0.15) is 6.92 Å². The van der Waals surface area contributed by atoms with Gasteiger partial charge in [-0.25, -0.2) is 0 Å². The van der Waals surface area contributed by atoms with E-state index in [0.717, 1.165) is 17.1 Å². The molecule has 9 heteroatoms. The van der Waals surface area contributed by atoms with Crippen molar-refractivity contribution in [2.45, 2.75) is 18.6 Å². The Hall–Kier alpha value is -2.22. The summed E-state index contributed by atoms with van der Waals surface area (Å²) < 4.78 is 7.15. The summed E-state index contributed by atoms with van der Waals surface area (Å²) in [5.74, 6) is 1.48. The summed E-state index contributed by atoms with van der Waals surface area (Å²) in [7, 11) is 1.62. The highest BCUT2D eigenvalue weighted by Crippen LogP contribution is 2.30. The maximum atomic E-state index is 12.3. The van der Waals surface area contributed by atoms with Crippen molar-refractivity contribution >= 4 is 46.6 Å². The molecule has 0 aliphatic heterocycles. The first kappa shape index (κ1) is 20.5. The van der Waals surface area contributed by atoms with Gasteiger partial charge in [0.25, 0.3) is 0 Å². The molecule has 1 aromatic heterocycles. The first-order chi connectivity index (χ1) is 13.5. The van der Waals surface area contributed by atoms with Gasteiger partial charge in [-0.05, 0) is 43.3 Å². The lowest BCUT2D eigenvalue weighted by molar-refractivity contribution is -0.113. The average molecular weight is 437 g/mol. The van der Waals surface area contributed by atoms with Crippen molar-refractivity contribution < 1.29 is 9.53 Å². The number of nitrogens with zero attached hydrogens (tertiary/aromatic N) is 3. The number of amides is 1. The van der Waals surface area contributed by atoms with Gasteiger partial charge in [0.05, 0.1) is 28.6 Å². The zero-order chi connectivity index (χ0) is 20.1. The Balaban J connectivity index is 1.69. The van der Waals surface area contributed by atoms with Crippen molar-refractivity contribution in [1.82, 2.24) is 14.8 Å². The third-order valence-electron chi connectivity index (χ3n) is 3.94. The fraction of sp³-hybridized carbons (Fsp3) is 0.211. The smallest absolute Gasteiger partial charge is 0.234 e. The van der Waals surface area contributed by atoms with Gasteiger partial charge in [-0.1, -0.05) is 41.0 Å². The number of ether oxygens (including phenoxy) is 1. The van der Waals surface area contributed by atoms with E-state index in [2.05, 4.69) is 15.5 Å². The number of rotatable bonds is 7. The molecule has 0 spiro atoms. The lowest BCUT2D eigenvalue weighted by atomic mass is 10.2. The van der Waals surface area contributed by atoms with E-state index < -0.39 is 0 Å². The van der Waals surface area contributed by atoms with E-state index in [-0.39, 0.29) is 11.7 Å². The topological polar surface area (TPSA) is 69.0 Å². The fourth-order valence-electron chi connectivity index (χ4n) is 2.55. The molecule has 1 N–H and O–H groups in total. The van der Waals surface area contributed by atoms with Crippen LogP contribution in [-0.4, -0.2) is 33.5 Å². The zero-order valence-electron chi connectivity index (χ0n) is 15.3. The van der Waals surface area contributed by atoms with Crippen LogP contribution < -0.4 is 10.1 Å². The minimum Gasteiger partial charge on any atom is -0.497 e. The van der Waals surface area contributed by atoms with Gasteiger partial charge in [0, 0.05) is 12.1 Å². The van der Waals surface area contributed by atoms with Gasteiger partial charge in [0.1, 0.15) is 5.75 Å². The van der Waals surface area contributed by atoms with Crippen LogP contribution in [0.5, 0.6) is 5.75 Å². The molecule has 6 nitrogen and oxygen atoms in total. The molecule has 0 saturated heterocycles. The van der Waals surface area contributed by atoms with E-state index in [1.807, 2.05) is 35.8 Å². The number of nitrogens with one attached hydrogen (secondary N) is 1. The van der Waals surface area contributed by atoms with Gasteiger partial charge >= 0.3 is 0 Å². The van der Waals surface area contributed by atoms with Crippen LogP contribution in [0.2, 0.25) is 10.0 Å². The zero-order valence-corrected chi connectivity index (χ0v) is 17.6. The van der Waals surface area contributed by atoms with Crippen LogP contribution in [0.25, 0.3) is 11.4 Å². The van der Waals surface area contributed by atoms with E-state index in [1.165, 1.54) is 11.8 Å². The Morgan fingerprint density at radius 2 is 1.93 bits per heavy atom. The Morgan fingerprint density at radius 1 is 1.18 bits per heavy atom. The molecule has 28 heavy (non-hydrogen) atoms. The van der Waals surface area contributed by atoms with E-state index in [0.29, 0.717) is 27.4 Å². The summed E-state index contributed by atoms with van der Waals surface area (Å²) in [5.41, 5.74) is 1.41. The summed E-state index contributed by atoms with van der Waals surface area (Å²) in [6.07, 6.45) is 0.